The number of nitrogens with zero attached hydrogens (tertiary/aromatic N) is 3. The zero-order chi connectivity index (χ0) is 21.9. The van der Waals surface area contributed by atoms with Crippen molar-refractivity contribution in [1.82, 2.24) is 4.98 Å². The van der Waals surface area contributed by atoms with Gasteiger partial charge < -0.3 is 4.74 Å². The van der Waals surface area contributed by atoms with Crippen LogP contribution in [0.4, 0.5) is 11.4 Å². The van der Waals surface area contributed by atoms with Crippen LogP contribution in [0, 0.1) is 0 Å². The number of aromatic nitrogens is 1. The van der Waals surface area contributed by atoms with Gasteiger partial charge in [0.15, 0.2) is 0 Å². The summed E-state index contributed by atoms with van der Waals surface area (Å²) in [5.41, 5.74) is 6.21. The van der Waals surface area contributed by atoms with E-state index in [1.54, 1.807) is 19.5 Å². The van der Waals surface area contributed by atoms with E-state index in [9.17, 15) is 0 Å². The molecular formula is C26H31N3O. The number of ether oxygens (including phenoxy) is 1. The molecule has 0 fully saturated rings. The summed E-state index contributed by atoms with van der Waals surface area (Å²) in [7, 11) is 1.67. The Labute approximate surface area is 180 Å². The first kappa shape index (κ1) is 21.7. The molecule has 0 spiro atoms. The first-order chi connectivity index (χ1) is 14.1. The lowest BCUT2D eigenvalue weighted by Crippen LogP contribution is -2.16. The van der Waals surface area contributed by atoms with Gasteiger partial charge in [-0.25, -0.2) is 0 Å². The van der Waals surface area contributed by atoms with Crippen molar-refractivity contribution in [3.63, 3.8) is 0 Å². The molecule has 4 heteroatoms. The van der Waals surface area contributed by atoms with Crippen molar-refractivity contribution in [3.8, 4) is 16.9 Å². The number of hydrogen-bond donors (Lipinski definition) is 0. The smallest absolute Gasteiger partial charge is 0.118 e. The van der Waals surface area contributed by atoms with Crippen LogP contribution in [0.5, 0.6) is 5.75 Å². The zero-order valence-electron chi connectivity index (χ0n) is 19.0. The highest BCUT2D eigenvalue weighted by molar-refractivity contribution is 5.75. The first-order valence-electron chi connectivity index (χ1n) is 10.2. The Balaban J connectivity index is 2.02. The number of benzene rings is 2. The summed E-state index contributed by atoms with van der Waals surface area (Å²) in [6.07, 6.45) is 3.53. The van der Waals surface area contributed by atoms with Gasteiger partial charge in [-0.1, -0.05) is 59.7 Å². The van der Waals surface area contributed by atoms with Gasteiger partial charge in [-0.15, -0.1) is 5.11 Å². The number of pyridine rings is 1. The van der Waals surface area contributed by atoms with Gasteiger partial charge in [0.2, 0.25) is 0 Å². The Hall–Kier alpha value is -3.01. The second-order valence-corrected chi connectivity index (χ2v) is 9.59. The molecule has 156 valence electrons. The van der Waals surface area contributed by atoms with E-state index in [2.05, 4.69) is 75.0 Å². The summed E-state index contributed by atoms with van der Waals surface area (Å²) in [6.45, 7) is 13.3. The number of azo groups is 1. The van der Waals surface area contributed by atoms with E-state index in [0.717, 1.165) is 28.3 Å². The van der Waals surface area contributed by atoms with Crippen molar-refractivity contribution in [1.29, 1.82) is 0 Å². The third-order valence-electron chi connectivity index (χ3n) is 5.12. The molecular weight excluding hydrogens is 370 g/mol. The van der Waals surface area contributed by atoms with E-state index >= 15 is 0 Å². The van der Waals surface area contributed by atoms with E-state index in [4.69, 9.17) is 4.74 Å². The minimum absolute atomic E-state index is 0.0358. The predicted molar refractivity (Wildman–Crippen MR) is 124 cm³/mol. The molecule has 30 heavy (non-hydrogen) atoms. The second-order valence-electron chi connectivity index (χ2n) is 9.59. The van der Waals surface area contributed by atoms with Gasteiger partial charge in [-0.2, -0.15) is 5.11 Å². The van der Waals surface area contributed by atoms with Crippen molar-refractivity contribution >= 4 is 11.4 Å². The molecule has 0 aliphatic heterocycles. The number of hydrogen-bond acceptors (Lipinski definition) is 4. The Morgan fingerprint density at radius 1 is 0.767 bits per heavy atom. The standard InChI is InChI=1S/C26H31N3O/c1-25(2,3)19-14-20(26(4,5)6)16-21(15-19)28-29-24-17-27-13-12-23(24)18-8-10-22(30-7)11-9-18/h8-17H,1-7H3. The molecule has 3 rings (SSSR count). The fourth-order valence-corrected chi connectivity index (χ4v) is 3.13. The number of rotatable bonds is 4. The lowest BCUT2D eigenvalue weighted by Gasteiger charge is -2.25. The molecule has 3 aromatic rings. The Morgan fingerprint density at radius 3 is 1.90 bits per heavy atom. The molecule has 0 amide bonds. The monoisotopic (exact) mass is 401 g/mol. The minimum atomic E-state index is 0.0358. The molecule has 2 aromatic carbocycles. The maximum Gasteiger partial charge on any atom is 0.118 e. The van der Waals surface area contributed by atoms with Crippen LogP contribution >= 0.6 is 0 Å². The fraction of sp³-hybridized carbons (Fsp3) is 0.346. The van der Waals surface area contributed by atoms with Crippen molar-refractivity contribution in [2.24, 2.45) is 10.2 Å². The Bertz CT molecular complexity index is 1010. The van der Waals surface area contributed by atoms with Crippen LogP contribution in [0.15, 0.2) is 71.2 Å². The molecule has 0 aliphatic carbocycles. The first-order valence-corrected chi connectivity index (χ1v) is 10.2. The topological polar surface area (TPSA) is 46.8 Å². The predicted octanol–water partition coefficient (Wildman–Crippen LogP) is 7.77. The fourth-order valence-electron chi connectivity index (χ4n) is 3.13. The highest BCUT2D eigenvalue weighted by atomic mass is 16.5. The van der Waals surface area contributed by atoms with Crippen LogP contribution in [-0.4, -0.2) is 12.1 Å². The average molecular weight is 402 g/mol. The molecule has 0 unspecified atom stereocenters. The van der Waals surface area contributed by atoms with Crippen molar-refractivity contribution in [2.45, 2.75) is 52.4 Å². The van der Waals surface area contributed by atoms with Crippen LogP contribution in [0.2, 0.25) is 0 Å². The quantitative estimate of drug-likeness (QED) is 0.419. The van der Waals surface area contributed by atoms with Gasteiger partial charge in [0, 0.05) is 11.8 Å². The maximum absolute atomic E-state index is 5.26. The van der Waals surface area contributed by atoms with Crippen LogP contribution < -0.4 is 4.74 Å². The van der Waals surface area contributed by atoms with Gasteiger partial charge in [-0.05, 0) is 57.9 Å². The summed E-state index contributed by atoms with van der Waals surface area (Å²) in [5, 5.41) is 9.18. The van der Waals surface area contributed by atoms with Crippen LogP contribution in [0.25, 0.3) is 11.1 Å². The summed E-state index contributed by atoms with van der Waals surface area (Å²) in [4.78, 5) is 4.25. The van der Waals surface area contributed by atoms with Crippen molar-refractivity contribution in [3.05, 3.63) is 72.1 Å². The summed E-state index contributed by atoms with van der Waals surface area (Å²) < 4.78 is 5.26. The van der Waals surface area contributed by atoms with Gasteiger partial charge in [0.25, 0.3) is 0 Å². The second kappa shape index (κ2) is 8.39. The van der Waals surface area contributed by atoms with E-state index < -0.39 is 0 Å². The molecule has 0 saturated heterocycles. The Kier molecular flexibility index (Phi) is 6.06. The van der Waals surface area contributed by atoms with E-state index in [-0.39, 0.29) is 10.8 Å². The third kappa shape index (κ3) is 5.12. The maximum atomic E-state index is 5.26. The highest BCUT2D eigenvalue weighted by Crippen LogP contribution is 2.35. The average Bonchev–Trinajstić information content (AvgIpc) is 2.71. The SMILES string of the molecule is COc1ccc(-c2ccncc2N=Nc2cc(C(C)(C)C)cc(C(C)(C)C)c2)cc1. The molecule has 1 heterocycles. The Morgan fingerprint density at radius 2 is 1.37 bits per heavy atom. The van der Waals surface area contributed by atoms with E-state index in [1.807, 2.05) is 30.3 Å². The van der Waals surface area contributed by atoms with Crippen LogP contribution in [0.3, 0.4) is 0 Å². The molecule has 0 atom stereocenters. The van der Waals surface area contributed by atoms with Crippen molar-refractivity contribution in [2.75, 3.05) is 7.11 Å². The lowest BCUT2D eigenvalue weighted by atomic mass is 9.80. The van der Waals surface area contributed by atoms with Crippen LogP contribution in [0.1, 0.15) is 52.7 Å². The minimum Gasteiger partial charge on any atom is -0.497 e. The summed E-state index contributed by atoms with van der Waals surface area (Å²) >= 11 is 0. The van der Waals surface area contributed by atoms with Gasteiger partial charge in [0.1, 0.15) is 11.4 Å². The number of methoxy groups -OCH3 is 1. The summed E-state index contributed by atoms with van der Waals surface area (Å²) in [6, 6.07) is 16.4. The molecule has 4 nitrogen and oxygen atoms in total. The largest absolute Gasteiger partial charge is 0.497 e. The molecule has 0 radical (unpaired) electrons. The van der Waals surface area contributed by atoms with Gasteiger partial charge >= 0.3 is 0 Å². The molecule has 0 bridgehead atoms. The summed E-state index contributed by atoms with van der Waals surface area (Å²) in [5.74, 6) is 0.824. The van der Waals surface area contributed by atoms with Gasteiger partial charge in [0.05, 0.1) is 19.0 Å². The van der Waals surface area contributed by atoms with Gasteiger partial charge in [-0.3, -0.25) is 4.98 Å². The van der Waals surface area contributed by atoms with E-state index in [1.165, 1.54) is 11.1 Å². The molecule has 0 saturated carbocycles. The lowest BCUT2D eigenvalue weighted by molar-refractivity contribution is 0.415. The van der Waals surface area contributed by atoms with Crippen molar-refractivity contribution < 1.29 is 4.74 Å². The van der Waals surface area contributed by atoms with Crippen LogP contribution in [-0.2, 0) is 10.8 Å². The zero-order valence-corrected chi connectivity index (χ0v) is 19.0. The highest BCUT2D eigenvalue weighted by Gasteiger charge is 2.20. The van der Waals surface area contributed by atoms with E-state index in [0.29, 0.717) is 0 Å². The molecule has 1 aromatic heterocycles. The normalized spacial score (nSPS) is 12.4. The molecule has 0 N–H and O–H groups in total. The molecule has 0 aliphatic rings. The third-order valence-corrected chi connectivity index (χ3v) is 5.12.